The Bertz CT molecular complexity index is 143. The van der Waals surface area contributed by atoms with E-state index in [1.54, 1.807) is 7.11 Å². The summed E-state index contributed by atoms with van der Waals surface area (Å²) in [5.41, 5.74) is 0. The molecule has 0 heterocycles. The Balaban J connectivity index is 3.26. The highest BCUT2D eigenvalue weighted by atomic mass is 16.7. The molecule has 0 fully saturated rings. The van der Waals surface area contributed by atoms with Crippen LogP contribution in [0.4, 0.5) is 0 Å². The predicted molar refractivity (Wildman–Crippen MR) is 57.0 cm³/mol. The molecule has 0 aliphatic carbocycles. The molecule has 0 spiro atoms. The second-order valence-electron chi connectivity index (χ2n) is 3.62. The Labute approximate surface area is 86.7 Å². The monoisotopic (exact) mass is 202 g/mol. The van der Waals surface area contributed by atoms with Crippen molar-refractivity contribution in [3.05, 3.63) is 12.2 Å². The molecule has 0 aromatic rings. The lowest BCUT2D eigenvalue weighted by Gasteiger charge is -2.08. The number of rotatable bonds is 8. The quantitative estimate of drug-likeness (QED) is 0.371. The molecule has 3 heteroatoms. The molecule has 0 saturated heterocycles. The van der Waals surface area contributed by atoms with Crippen LogP contribution in [0.25, 0.3) is 0 Å². The summed E-state index contributed by atoms with van der Waals surface area (Å²) in [6, 6.07) is 0. The van der Waals surface area contributed by atoms with E-state index >= 15 is 0 Å². The van der Waals surface area contributed by atoms with E-state index in [4.69, 9.17) is 9.47 Å². The van der Waals surface area contributed by atoms with E-state index in [1.165, 1.54) is 0 Å². The molecule has 0 aliphatic heterocycles. The summed E-state index contributed by atoms with van der Waals surface area (Å²) < 4.78 is 9.86. The Morgan fingerprint density at radius 2 is 2.07 bits per heavy atom. The summed E-state index contributed by atoms with van der Waals surface area (Å²) >= 11 is 0. The van der Waals surface area contributed by atoms with Crippen molar-refractivity contribution in [2.24, 2.45) is 5.92 Å². The summed E-state index contributed by atoms with van der Waals surface area (Å²) in [6.07, 6.45) is 5.43. The average Bonchev–Trinajstić information content (AvgIpc) is 2.16. The van der Waals surface area contributed by atoms with Gasteiger partial charge >= 0.3 is 0 Å². The Kier molecular flexibility index (Phi) is 8.94. The molecule has 0 bridgehead atoms. The molecule has 1 atom stereocenters. The van der Waals surface area contributed by atoms with Gasteiger partial charge < -0.3 is 14.6 Å². The van der Waals surface area contributed by atoms with E-state index in [1.807, 2.05) is 26.0 Å². The standard InChI is InChI=1S/C11H22O3/c1-10(2)11(12)7-5-4-6-8-14-9-13-3/h5,7,10-12H,4,6,8-9H2,1-3H3/b7-5+. The van der Waals surface area contributed by atoms with Gasteiger partial charge in [-0.1, -0.05) is 26.0 Å². The van der Waals surface area contributed by atoms with Gasteiger partial charge in [0, 0.05) is 13.7 Å². The normalized spacial score (nSPS) is 14.1. The fourth-order valence-corrected chi connectivity index (χ4v) is 0.903. The first-order valence-corrected chi connectivity index (χ1v) is 5.10. The Morgan fingerprint density at radius 3 is 2.64 bits per heavy atom. The van der Waals surface area contributed by atoms with Crippen LogP contribution in [-0.4, -0.2) is 31.7 Å². The summed E-state index contributed by atoms with van der Waals surface area (Å²) in [5, 5.41) is 9.43. The Hall–Kier alpha value is -0.380. The number of methoxy groups -OCH3 is 1. The number of aliphatic hydroxyl groups excluding tert-OH is 1. The third-order valence-electron chi connectivity index (χ3n) is 1.88. The van der Waals surface area contributed by atoms with Crippen molar-refractivity contribution in [2.45, 2.75) is 32.8 Å². The van der Waals surface area contributed by atoms with Crippen LogP contribution in [0.5, 0.6) is 0 Å². The maximum absolute atomic E-state index is 9.43. The number of allylic oxidation sites excluding steroid dienone is 1. The van der Waals surface area contributed by atoms with E-state index < -0.39 is 0 Å². The minimum atomic E-state index is -0.324. The number of unbranched alkanes of at least 4 members (excludes halogenated alkanes) is 1. The molecular weight excluding hydrogens is 180 g/mol. The topological polar surface area (TPSA) is 38.7 Å². The van der Waals surface area contributed by atoms with Gasteiger partial charge in [-0.25, -0.2) is 0 Å². The van der Waals surface area contributed by atoms with Crippen LogP contribution in [0.15, 0.2) is 12.2 Å². The van der Waals surface area contributed by atoms with Crippen molar-refractivity contribution in [2.75, 3.05) is 20.5 Å². The van der Waals surface area contributed by atoms with E-state index in [0.29, 0.717) is 13.4 Å². The minimum absolute atomic E-state index is 0.288. The molecule has 0 aliphatic rings. The number of aliphatic hydroxyl groups is 1. The maximum atomic E-state index is 9.43. The zero-order valence-corrected chi connectivity index (χ0v) is 9.40. The second kappa shape index (κ2) is 9.19. The van der Waals surface area contributed by atoms with Gasteiger partial charge in [0.05, 0.1) is 6.10 Å². The van der Waals surface area contributed by atoms with Crippen LogP contribution in [-0.2, 0) is 9.47 Å². The van der Waals surface area contributed by atoms with Crippen molar-refractivity contribution in [3.63, 3.8) is 0 Å². The molecular formula is C11H22O3. The lowest BCUT2D eigenvalue weighted by molar-refractivity contribution is -0.0308. The van der Waals surface area contributed by atoms with Crippen molar-refractivity contribution in [1.82, 2.24) is 0 Å². The van der Waals surface area contributed by atoms with Gasteiger partial charge in [0.2, 0.25) is 0 Å². The van der Waals surface area contributed by atoms with Gasteiger partial charge in [-0.05, 0) is 18.8 Å². The first-order chi connectivity index (χ1) is 6.68. The van der Waals surface area contributed by atoms with Gasteiger partial charge in [-0.15, -0.1) is 0 Å². The highest BCUT2D eigenvalue weighted by Gasteiger charge is 2.02. The highest BCUT2D eigenvalue weighted by molar-refractivity contribution is 4.89. The van der Waals surface area contributed by atoms with Crippen LogP contribution in [0.3, 0.4) is 0 Å². The molecule has 0 saturated carbocycles. The first kappa shape index (κ1) is 13.6. The van der Waals surface area contributed by atoms with Gasteiger partial charge in [-0.3, -0.25) is 0 Å². The van der Waals surface area contributed by atoms with E-state index in [9.17, 15) is 5.11 Å². The molecule has 0 amide bonds. The van der Waals surface area contributed by atoms with Gasteiger partial charge in [0.1, 0.15) is 6.79 Å². The van der Waals surface area contributed by atoms with Crippen molar-refractivity contribution in [1.29, 1.82) is 0 Å². The first-order valence-electron chi connectivity index (χ1n) is 5.10. The van der Waals surface area contributed by atoms with Crippen LogP contribution in [0.2, 0.25) is 0 Å². The Morgan fingerprint density at radius 1 is 1.36 bits per heavy atom. The van der Waals surface area contributed by atoms with Gasteiger partial charge in [0.25, 0.3) is 0 Å². The van der Waals surface area contributed by atoms with E-state index in [2.05, 4.69) is 0 Å². The van der Waals surface area contributed by atoms with Crippen molar-refractivity contribution in [3.8, 4) is 0 Å². The second-order valence-corrected chi connectivity index (χ2v) is 3.62. The largest absolute Gasteiger partial charge is 0.389 e. The molecule has 0 aromatic heterocycles. The number of ether oxygens (including phenoxy) is 2. The average molecular weight is 202 g/mol. The molecule has 0 rings (SSSR count). The van der Waals surface area contributed by atoms with E-state index in [0.717, 1.165) is 12.8 Å². The number of hydrogen-bond donors (Lipinski definition) is 1. The number of hydrogen-bond acceptors (Lipinski definition) is 3. The van der Waals surface area contributed by atoms with Crippen LogP contribution in [0, 0.1) is 5.92 Å². The van der Waals surface area contributed by atoms with Crippen LogP contribution >= 0.6 is 0 Å². The smallest absolute Gasteiger partial charge is 0.146 e. The molecule has 1 unspecified atom stereocenters. The fourth-order valence-electron chi connectivity index (χ4n) is 0.903. The van der Waals surface area contributed by atoms with Crippen molar-refractivity contribution >= 4 is 0 Å². The highest BCUT2D eigenvalue weighted by Crippen LogP contribution is 2.03. The molecule has 14 heavy (non-hydrogen) atoms. The van der Waals surface area contributed by atoms with E-state index in [-0.39, 0.29) is 12.0 Å². The zero-order valence-electron chi connectivity index (χ0n) is 9.40. The summed E-state index contributed by atoms with van der Waals surface area (Å²) in [4.78, 5) is 0. The van der Waals surface area contributed by atoms with Gasteiger partial charge in [-0.2, -0.15) is 0 Å². The lowest BCUT2D eigenvalue weighted by atomic mass is 10.1. The summed E-state index contributed by atoms with van der Waals surface area (Å²) in [7, 11) is 1.61. The SMILES string of the molecule is COCOCCC/C=C/C(O)C(C)C. The molecule has 84 valence electrons. The molecule has 1 N–H and O–H groups in total. The third kappa shape index (κ3) is 8.23. The lowest BCUT2D eigenvalue weighted by Crippen LogP contribution is -2.10. The maximum Gasteiger partial charge on any atom is 0.146 e. The fraction of sp³-hybridized carbons (Fsp3) is 0.818. The molecule has 0 radical (unpaired) electrons. The zero-order chi connectivity index (χ0) is 10.8. The summed E-state index contributed by atoms with van der Waals surface area (Å²) in [6.45, 7) is 5.06. The van der Waals surface area contributed by atoms with Crippen LogP contribution < -0.4 is 0 Å². The summed E-state index contributed by atoms with van der Waals surface area (Å²) in [5.74, 6) is 0.288. The minimum Gasteiger partial charge on any atom is -0.389 e. The molecule has 3 nitrogen and oxygen atoms in total. The predicted octanol–water partition coefficient (Wildman–Crippen LogP) is 1.96. The van der Waals surface area contributed by atoms with Crippen molar-refractivity contribution < 1.29 is 14.6 Å². The van der Waals surface area contributed by atoms with Gasteiger partial charge in [0.15, 0.2) is 0 Å². The molecule has 0 aromatic carbocycles. The van der Waals surface area contributed by atoms with Crippen LogP contribution in [0.1, 0.15) is 26.7 Å². The third-order valence-corrected chi connectivity index (χ3v) is 1.88.